The number of anilines is 1. The molecule has 0 bridgehead atoms. The lowest BCUT2D eigenvalue weighted by Gasteiger charge is -2.15. The van der Waals surface area contributed by atoms with Crippen LogP contribution in [0.2, 0.25) is 0 Å². The van der Waals surface area contributed by atoms with Gasteiger partial charge in [-0.2, -0.15) is 0 Å². The molecule has 0 spiro atoms. The Morgan fingerprint density at radius 1 is 1.15 bits per heavy atom. The molecule has 5 heteroatoms. The van der Waals surface area contributed by atoms with Gasteiger partial charge in [0.1, 0.15) is 0 Å². The van der Waals surface area contributed by atoms with Crippen LogP contribution in [0.4, 0.5) is 5.95 Å². The quantitative estimate of drug-likeness (QED) is 0.938. The number of aliphatic hydroxyl groups excluding tert-OH is 1. The molecule has 0 aliphatic carbocycles. The summed E-state index contributed by atoms with van der Waals surface area (Å²) in [5, 5.41) is 9.17. The zero-order valence-corrected chi connectivity index (χ0v) is 12.6. The van der Waals surface area contributed by atoms with Crippen molar-refractivity contribution in [2.24, 2.45) is 5.92 Å². The number of hydrogen-bond acceptors (Lipinski definition) is 4. The third-order valence-corrected chi connectivity index (χ3v) is 4.17. The summed E-state index contributed by atoms with van der Waals surface area (Å²) in [7, 11) is 0. The number of aromatic nitrogens is 2. The molecule has 1 aliphatic heterocycles. The molecule has 1 atom stereocenters. The van der Waals surface area contributed by atoms with Crippen molar-refractivity contribution >= 4 is 21.9 Å². The first-order valence-electron chi connectivity index (χ1n) is 6.70. The van der Waals surface area contributed by atoms with Gasteiger partial charge in [0.25, 0.3) is 0 Å². The monoisotopic (exact) mass is 333 g/mol. The first kappa shape index (κ1) is 13.5. The van der Waals surface area contributed by atoms with Gasteiger partial charge in [-0.15, -0.1) is 0 Å². The van der Waals surface area contributed by atoms with Crippen molar-refractivity contribution in [3.8, 4) is 11.1 Å². The van der Waals surface area contributed by atoms with Gasteiger partial charge in [0.15, 0.2) is 0 Å². The summed E-state index contributed by atoms with van der Waals surface area (Å²) in [5.74, 6) is 1.10. The summed E-state index contributed by atoms with van der Waals surface area (Å²) < 4.78 is 1.06. The summed E-state index contributed by atoms with van der Waals surface area (Å²) in [6, 6.07) is 8.10. The van der Waals surface area contributed by atoms with E-state index in [0.29, 0.717) is 5.92 Å². The lowest BCUT2D eigenvalue weighted by atomic mass is 10.1. The van der Waals surface area contributed by atoms with Crippen LogP contribution >= 0.6 is 15.9 Å². The number of benzene rings is 1. The van der Waals surface area contributed by atoms with Gasteiger partial charge in [-0.25, -0.2) is 9.97 Å². The Hall–Kier alpha value is -1.46. The number of aliphatic hydroxyl groups is 1. The van der Waals surface area contributed by atoms with Gasteiger partial charge in [0.2, 0.25) is 5.95 Å². The standard InChI is InChI=1S/C15H16BrN3O/c16-14-3-1-12(2-4-14)13-7-17-15(18-8-13)19-6-5-11(9-19)10-20/h1-4,7-8,11,20H,5-6,9-10H2. The minimum Gasteiger partial charge on any atom is -0.396 e. The lowest BCUT2D eigenvalue weighted by Crippen LogP contribution is -2.22. The van der Waals surface area contributed by atoms with Crippen LogP contribution in [0.15, 0.2) is 41.1 Å². The predicted octanol–water partition coefficient (Wildman–Crippen LogP) is 2.72. The first-order chi connectivity index (χ1) is 9.76. The van der Waals surface area contributed by atoms with E-state index in [4.69, 9.17) is 0 Å². The van der Waals surface area contributed by atoms with Crippen LogP contribution in [0.1, 0.15) is 6.42 Å². The highest BCUT2D eigenvalue weighted by molar-refractivity contribution is 9.10. The average Bonchev–Trinajstić information content (AvgIpc) is 2.97. The second kappa shape index (κ2) is 5.89. The van der Waals surface area contributed by atoms with Crippen LogP contribution in [-0.4, -0.2) is 34.8 Å². The average molecular weight is 334 g/mol. The third-order valence-electron chi connectivity index (χ3n) is 3.64. The van der Waals surface area contributed by atoms with E-state index in [1.165, 1.54) is 0 Å². The van der Waals surface area contributed by atoms with Crippen molar-refractivity contribution in [2.45, 2.75) is 6.42 Å². The second-order valence-electron chi connectivity index (χ2n) is 5.06. The topological polar surface area (TPSA) is 49.2 Å². The van der Waals surface area contributed by atoms with Crippen molar-refractivity contribution < 1.29 is 5.11 Å². The number of rotatable bonds is 3. The largest absolute Gasteiger partial charge is 0.396 e. The molecular formula is C15H16BrN3O. The smallest absolute Gasteiger partial charge is 0.225 e. The molecule has 2 heterocycles. The minimum absolute atomic E-state index is 0.244. The van der Waals surface area contributed by atoms with Gasteiger partial charge >= 0.3 is 0 Å². The predicted molar refractivity (Wildman–Crippen MR) is 82.6 cm³/mol. The Morgan fingerprint density at radius 3 is 2.45 bits per heavy atom. The Morgan fingerprint density at radius 2 is 1.85 bits per heavy atom. The Kier molecular flexibility index (Phi) is 3.98. The van der Waals surface area contributed by atoms with Gasteiger partial charge in [0, 0.05) is 48.0 Å². The van der Waals surface area contributed by atoms with Crippen LogP contribution in [-0.2, 0) is 0 Å². The zero-order chi connectivity index (χ0) is 13.9. The molecule has 1 saturated heterocycles. The number of halogens is 1. The Bertz CT molecular complexity index is 571. The highest BCUT2D eigenvalue weighted by Crippen LogP contribution is 2.23. The van der Waals surface area contributed by atoms with Crippen LogP contribution in [0.3, 0.4) is 0 Å². The Labute approximate surface area is 126 Å². The van der Waals surface area contributed by atoms with Gasteiger partial charge in [-0.1, -0.05) is 28.1 Å². The van der Waals surface area contributed by atoms with E-state index in [-0.39, 0.29) is 6.61 Å². The minimum atomic E-state index is 0.244. The molecule has 0 radical (unpaired) electrons. The second-order valence-corrected chi connectivity index (χ2v) is 5.98. The maximum Gasteiger partial charge on any atom is 0.225 e. The van der Waals surface area contributed by atoms with Gasteiger partial charge in [-0.05, 0) is 24.1 Å². The van der Waals surface area contributed by atoms with Crippen molar-refractivity contribution in [1.29, 1.82) is 0 Å². The molecule has 0 amide bonds. The van der Waals surface area contributed by atoms with Crippen LogP contribution < -0.4 is 4.90 Å². The molecule has 20 heavy (non-hydrogen) atoms. The zero-order valence-electron chi connectivity index (χ0n) is 11.0. The molecule has 104 valence electrons. The molecule has 1 aliphatic rings. The first-order valence-corrected chi connectivity index (χ1v) is 7.49. The number of hydrogen-bond donors (Lipinski definition) is 1. The van der Waals surface area contributed by atoms with E-state index < -0.39 is 0 Å². The van der Waals surface area contributed by atoms with Crippen molar-refractivity contribution in [2.75, 3.05) is 24.6 Å². The molecule has 4 nitrogen and oxygen atoms in total. The van der Waals surface area contributed by atoms with E-state index in [1.54, 1.807) is 0 Å². The lowest BCUT2D eigenvalue weighted by molar-refractivity contribution is 0.238. The fourth-order valence-corrected chi connectivity index (χ4v) is 2.70. The van der Waals surface area contributed by atoms with Crippen molar-refractivity contribution in [3.05, 3.63) is 41.1 Å². The van der Waals surface area contributed by atoms with Gasteiger partial charge < -0.3 is 10.0 Å². The summed E-state index contributed by atoms with van der Waals surface area (Å²) >= 11 is 3.43. The SMILES string of the molecule is OCC1CCN(c2ncc(-c3ccc(Br)cc3)cn2)C1. The molecule has 1 aromatic heterocycles. The molecule has 2 aromatic rings. The summed E-state index contributed by atoms with van der Waals surface area (Å²) in [6.45, 7) is 2.00. The van der Waals surface area contributed by atoms with Crippen LogP contribution in [0, 0.1) is 5.92 Å². The summed E-state index contributed by atoms with van der Waals surface area (Å²) in [6.07, 6.45) is 4.73. The molecule has 0 saturated carbocycles. The fourth-order valence-electron chi connectivity index (χ4n) is 2.44. The van der Waals surface area contributed by atoms with Gasteiger partial charge in [0.05, 0.1) is 0 Å². The van der Waals surface area contributed by atoms with E-state index in [2.05, 4.69) is 30.8 Å². The highest BCUT2D eigenvalue weighted by Gasteiger charge is 2.23. The normalized spacial score (nSPS) is 18.5. The third kappa shape index (κ3) is 2.83. The van der Waals surface area contributed by atoms with Crippen LogP contribution in [0.5, 0.6) is 0 Å². The highest BCUT2D eigenvalue weighted by atomic mass is 79.9. The summed E-state index contributed by atoms with van der Waals surface area (Å²) in [5.41, 5.74) is 2.12. The van der Waals surface area contributed by atoms with Gasteiger partial charge in [-0.3, -0.25) is 0 Å². The molecule has 1 N–H and O–H groups in total. The Balaban J connectivity index is 1.76. The molecule has 1 unspecified atom stereocenters. The van der Waals surface area contributed by atoms with E-state index in [1.807, 2.05) is 36.7 Å². The van der Waals surface area contributed by atoms with Crippen LogP contribution in [0.25, 0.3) is 11.1 Å². The van der Waals surface area contributed by atoms with E-state index in [0.717, 1.165) is 41.1 Å². The maximum absolute atomic E-state index is 9.17. The molecular weight excluding hydrogens is 318 g/mol. The maximum atomic E-state index is 9.17. The molecule has 1 aromatic carbocycles. The molecule has 1 fully saturated rings. The van der Waals surface area contributed by atoms with Crippen molar-refractivity contribution in [3.63, 3.8) is 0 Å². The summed E-state index contributed by atoms with van der Waals surface area (Å²) in [4.78, 5) is 11.0. The number of nitrogens with zero attached hydrogens (tertiary/aromatic N) is 3. The molecule has 3 rings (SSSR count). The van der Waals surface area contributed by atoms with Crippen molar-refractivity contribution in [1.82, 2.24) is 9.97 Å². The fraction of sp³-hybridized carbons (Fsp3) is 0.333. The van der Waals surface area contributed by atoms with E-state index in [9.17, 15) is 5.11 Å². The van der Waals surface area contributed by atoms with E-state index >= 15 is 0 Å².